The molecular weight excluding hydrogens is 579 g/mol. The average Bonchev–Trinajstić information content (AvgIpc) is 2.98. The largest absolute Gasteiger partial charge is 0.469 e. The normalized spacial score (nSPS) is 13.1. The molecule has 0 heterocycles. The van der Waals surface area contributed by atoms with Crippen LogP contribution in [0.5, 0.6) is 0 Å². The van der Waals surface area contributed by atoms with Crippen molar-refractivity contribution in [3.8, 4) is 0 Å². The number of hydrogen-bond donors (Lipinski definition) is 2. The summed E-state index contributed by atoms with van der Waals surface area (Å²) in [6.45, 7) is 3.50. The lowest BCUT2D eigenvalue weighted by Gasteiger charge is -2.18. The van der Waals surface area contributed by atoms with Crippen molar-refractivity contribution in [2.24, 2.45) is 0 Å². The molecule has 0 aromatic rings. The number of ether oxygens (including phenoxy) is 2. The molecule has 254 valence electrons. The summed E-state index contributed by atoms with van der Waals surface area (Å²) in [6, 6.07) is 0. The minimum absolute atomic E-state index is 0.159. The zero-order chi connectivity index (χ0) is 32.6. The van der Waals surface area contributed by atoms with Crippen LogP contribution in [0, 0.1) is 0 Å². The summed E-state index contributed by atoms with van der Waals surface area (Å²) in [6.07, 6.45) is 35.5. The van der Waals surface area contributed by atoms with Gasteiger partial charge >= 0.3 is 19.8 Å². The number of esters is 2. The van der Waals surface area contributed by atoms with Crippen LogP contribution < -0.4 is 0 Å². The lowest BCUT2D eigenvalue weighted by atomic mass is 10.1. The molecule has 0 aromatic heterocycles. The summed E-state index contributed by atoms with van der Waals surface area (Å²) in [7, 11) is -4.76. The molecule has 8 nitrogen and oxygen atoms in total. The van der Waals surface area contributed by atoms with E-state index in [0.717, 1.165) is 57.8 Å². The summed E-state index contributed by atoms with van der Waals surface area (Å²) in [5, 5.41) is 0. The highest BCUT2D eigenvalue weighted by molar-refractivity contribution is 7.46. The fraction of sp³-hybridized carbons (Fsp3) is 0.714. The Kier molecular flexibility index (Phi) is 29.6. The molecule has 1 atom stereocenters. The first-order valence-corrected chi connectivity index (χ1v) is 18.5. The Balaban J connectivity index is 4.11. The number of allylic oxidation sites excluding steroid dienone is 8. The van der Waals surface area contributed by atoms with Crippen LogP contribution in [0.25, 0.3) is 0 Å². The van der Waals surface area contributed by atoms with Gasteiger partial charge in [0.2, 0.25) is 0 Å². The smallest absolute Gasteiger partial charge is 0.462 e. The van der Waals surface area contributed by atoms with E-state index in [1.165, 1.54) is 51.4 Å². The number of unbranched alkanes of at least 4 members (excludes halogenated alkanes) is 12. The average molecular weight is 641 g/mol. The fourth-order valence-corrected chi connectivity index (χ4v) is 4.72. The predicted molar refractivity (Wildman–Crippen MR) is 179 cm³/mol. The number of phosphoric acid groups is 1. The van der Waals surface area contributed by atoms with Gasteiger partial charge in [-0.2, -0.15) is 0 Å². The summed E-state index contributed by atoms with van der Waals surface area (Å²) < 4.78 is 26.2. The van der Waals surface area contributed by atoms with Crippen LogP contribution >= 0.6 is 7.82 Å². The number of rotatable bonds is 30. The second-order valence-electron chi connectivity index (χ2n) is 11.1. The van der Waals surface area contributed by atoms with Crippen molar-refractivity contribution in [1.29, 1.82) is 0 Å². The first-order valence-electron chi connectivity index (χ1n) is 16.9. The third-order valence-corrected chi connectivity index (χ3v) is 7.35. The van der Waals surface area contributed by atoms with Gasteiger partial charge in [0.1, 0.15) is 6.61 Å². The predicted octanol–water partition coefficient (Wildman–Crippen LogP) is 9.62. The number of carbonyl (C=O) groups excluding carboxylic acids is 2. The van der Waals surface area contributed by atoms with Gasteiger partial charge in [0.05, 0.1) is 6.61 Å². The first kappa shape index (κ1) is 42.0. The van der Waals surface area contributed by atoms with E-state index in [0.29, 0.717) is 6.42 Å². The number of phosphoric ester groups is 1. The van der Waals surface area contributed by atoms with Crippen molar-refractivity contribution >= 4 is 19.8 Å². The Morgan fingerprint density at radius 3 is 1.64 bits per heavy atom. The highest BCUT2D eigenvalue weighted by Gasteiger charge is 2.22. The van der Waals surface area contributed by atoms with Gasteiger partial charge in [0, 0.05) is 12.8 Å². The molecule has 0 saturated carbocycles. The topological polar surface area (TPSA) is 119 Å². The third-order valence-electron chi connectivity index (χ3n) is 6.86. The molecule has 0 aromatic carbocycles. The lowest BCUT2D eigenvalue weighted by molar-refractivity contribution is -0.161. The van der Waals surface area contributed by atoms with Gasteiger partial charge in [0.15, 0.2) is 6.10 Å². The van der Waals surface area contributed by atoms with Crippen molar-refractivity contribution < 1.29 is 37.9 Å². The van der Waals surface area contributed by atoms with Crippen LogP contribution in [0.2, 0.25) is 0 Å². The highest BCUT2D eigenvalue weighted by Crippen LogP contribution is 2.35. The zero-order valence-corrected chi connectivity index (χ0v) is 28.4. The van der Waals surface area contributed by atoms with E-state index in [9.17, 15) is 14.2 Å². The van der Waals surface area contributed by atoms with Crippen LogP contribution in [0.3, 0.4) is 0 Å². The van der Waals surface area contributed by atoms with Gasteiger partial charge in [0.25, 0.3) is 0 Å². The lowest BCUT2D eigenvalue weighted by Crippen LogP contribution is -2.29. The van der Waals surface area contributed by atoms with Crippen LogP contribution in [0.1, 0.15) is 142 Å². The van der Waals surface area contributed by atoms with Crippen molar-refractivity contribution in [3.63, 3.8) is 0 Å². The van der Waals surface area contributed by atoms with Crippen LogP contribution in [-0.4, -0.2) is 41.0 Å². The second kappa shape index (κ2) is 31.0. The third kappa shape index (κ3) is 32.9. The van der Waals surface area contributed by atoms with E-state index < -0.39 is 32.5 Å². The van der Waals surface area contributed by atoms with Gasteiger partial charge in [-0.15, -0.1) is 0 Å². The zero-order valence-electron chi connectivity index (χ0n) is 27.5. The SMILES string of the molecule is CC/C=C\C/C=C\C/C=C\C/C=C\CCCCC(=O)O[C@H](COC(=O)CCCCCCCCCCCCC)COP(=O)(O)O. The molecule has 0 aliphatic carbocycles. The molecule has 0 radical (unpaired) electrons. The summed E-state index contributed by atoms with van der Waals surface area (Å²) >= 11 is 0. The van der Waals surface area contributed by atoms with E-state index >= 15 is 0 Å². The minimum Gasteiger partial charge on any atom is -0.462 e. The summed E-state index contributed by atoms with van der Waals surface area (Å²) in [5.41, 5.74) is 0. The molecule has 0 fully saturated rings. The number of hydrogen-bond acceptors (Lipinski definition) is 6. The Hall–Kier alpha value is -1.99. The van der Waals surface area contributed by atoms with E-state index in [-0.39, 0.29) is 19.4 Å². The quantitative estimate of drug-likeness (QED) is 0.0345. The van der Waals surface area contributed by atoms with E-state index in [1.54, 1.807) is 0 Å². The Labute approximate surface area is 267 Å². The monoisotopic (exact) mass is 640 g/mol. The van der Waals surface area contributed by atoms with Gasteiger partial charge in [-0.3, -0.25) is 14.1 Å². The van der Waals surface area contributed by atoms with Crippen molar-refractivity contribution in [1.82, 2.24) is 0 Å². The molecule has 0 bridgehead atoms. The van der Waals surface area contributed by atoms with Gasteiger partial charge in [-0.05, 0) is 51.4 Å². The number of carbonyl (C=O) groups is 2. The molecule has 44 heavy (non-hydrogen) atoms. The van der Waals surface area contributed by atoms with Crippen molar-refractivity contribution in [3.05, 3.63) is 48.6 Å². The van der Waals surface area contributed by atoms with Crippen molar-refractivity contribution in [2.75, 3.05) is 13.2 Å². The molecule has 0 saturated heterocycles. The Morgan fingerprint density at radius 1 is 0.614 bits per heavy atom. The highest BCUT2D eigenvalue weighted by atomic mass is 31.2. The molecule has 0 spiro atoms. The molecule has 0 rings (SSSR count). The molecule has 9 heteroatoms. The van der Waals surface area contributed by atoms with E-state index in [4.69, 9.17) is 19.3 Å². The molecule has 0 aliphatic heterocycles. The summed E-state index contributed by atoms with van der Waals surface area (Å²) in [5.74, 6) is -0.938. The minimum atomic E-state index is -4.76. The van der Waals surface area contributed by atoms with Gasteiger partial charge in [-0.25, -0.2) is 4.57 Å². The molecular formula is C35H61O8P. The molecule has 0 aliphatic rings. The van der Waals surface area contributed by atoms with E-state index in [2.05, 4.69) is 67.0 Å². The maximum Gasteiger partial charge on any atom is 0.469 e. The standard InChI is InChI=1S/C35H61O8P/c1-3-5-7-9-11-13-15-16-17-18-20-22-24-26-28-30-35(37)43-33(32-42-44(38,39)40)31-41-34(36)29-27-25-23-21-19-14-12-10-8-6-4-2/h5,7,11,13,16-17,20,22,33H,3-4,6,8-10,12,14-15,18-19,21,23-32H2,1-2H3,(H2,38,39,40)/b7-5-,13-11-,17-16-,22-20-/t33-/m1/s1. The second-order valence-corrected chi connectivity index (χ2v) is 12.4. The maximum atomic E-state index is 12.3. The van der Waals surface area contributed by atoms with Crippen LogP contribution in [0.4, 0.5) is 0 Å². The molecule has 0 amide bonds. The Morgan fingerprint density at radius 2 is 1.09 bits per heavy atom. The molecule has 0 unspecified atom stereocenters. The summed E-state index contributed by atoms with van der Waals surface area (Å²) in [4.78, 5) is 42.5. The van der Waals surface area contributed by atoms with E-state index in [1.807, 2.05) is 0 Å². The van der Waals surface area contributed by atoms with Crippen molar-refractivity contribution in [2.45, 2.75) is 148 Å². The molecule has 2 N–H and O–H groups in total. The fourth-order valence-electron chi connectivity index (χ4n) is 4.36. The van der Waals surface area contributed by atoms with Gasteiger partial charge < -0.3 is 19.3 Å². The Bertz CT molecular complexity index is 859. The maximum absolute atomic E-state index is 12.3. The first-order chi connectivity index (χ1) is 21.3. The van der Waals surface area contributed by atoms with Crippen LogP contribution in [-0.2, 0) is 28.2 Å². The van der Waals surface area contributed by atoms with Crippen LogP contribution in [0.15, 0.2) is 48.6 Å². The van der Waals surface area contributed by atoms with Gasteiger partial charge in [-0.1, -0.05) is 127 Å².